The van der Waals surface area contributed by atoms with Crippen molar-refractivity contribution in [3.05, 3.63) is 94.1 Å². The van der Waals surface area contributed by atoms with Gasteiger partial charge in [0.1, 0.15) is 11.1 Å². The van der Waals surface area contributed by atoms with Gasteiger partial charge in [0.05, 0.1) is 0 Å². The molecule has 2 aromatic rings. The molecule has 2 aliphatic rings. The van der Waals surface area contributed by atoms with E-state index in [4.69, 9.17) is 0 Å². The Morgan fingerprint density at radius 2 is 0.800 bits per heavy atom. The zero-order valence-corrected chi connectivity index (χ0v) is 14.9. The van der Waals surface area contributed by atoms with Crippen LogP contribution in [0.15, 0.2) is 71.8 Å². The van der Waals surface area contributed by atoms with Gasteiger partial charge in [0.25, 0.3) is 0 Å². The van der Waals surface area contributed by atoms with Crippen LogP contribution < -0.4 is 0 Å². The van der Waals surface area contributed by atoms with E-state index in [1.807, 2.05) is 0 Å². The number of rotatable bonds is 0. The van der Waals surface area contributed by atoms with Crippen LogP contribution in [-0.2, 0) is 0 Å². The van der Waals surface area contributed by atoms with E-state index < -0.39 is 35.1 Å². The van der Waals surface area contributed by atoms with Crippen molar-refractivity contribution < 1.29 is 35.9 Å². The minimum atomic E-state index is -5.00. The molecule has 0 atom stereocenters. The molecular weight excluding hydrogens is 410 g/mol. The van der Waals surface area contributed by atoms with Crippen LogP contribution in [0.25, 0.3) is 11.1 Å². The monoisotopic (exact) mass is 420 g/mol. The number of allylic oxidation sites excluding steroid dienone is 6. The Labute approximate surface area is 165 Å². The molecule has 30 heavy (non-hydrogen) atoms. The molecule has 0 N–H and O–H groups in total. The fourth-order valence-electron chi connectivity index (χ4n) is 3.56. The number of carbonyl (C=O) groups excluding carboxylic acids is 2. The van der Waals surface area contributed by atoms with Crippen molar-refractivity contribution in [2.45, 2.75) is 12.4 Å². The fourth-order valence-corrected chi connectivity index (χ4v) is 3.56. The van der Waals surface area contributed by atoms with Crippen molar-refractivity contribution in [2.24, 2.45) is 0 Å². The van der Waals surface area contributed by atoms with Crippen LogP contribution in [0, 0.1) is 0 Å². The molecule has 0 saturated heterocycles. The first-order valence-electron chi connectivity index (χ1n) is 8.60. The molecule has 152 valence electrons. The second-order valence-electron chi connectivity index (χ2n) is 6.69. The van der Waals surface area contributed by atoms with E-state index in [-0.39, 0.29) is 33.4 Å². The molecule has 8 heteroatoms. The third kappa shape index (κ3) is 3.08. The summed E-state index contributed by atoms with van der Waals surface area (Å²) in [6, 6.07) is 10.8. The number of hydrogen-bond acceptors (Lipinski definition) is 2. The van der Waals surface area contributed by atoms with Gasteiger partial charge in [0, 0.05) is 11.1 Å². The van der Waals surface area contributed by atoms with Crippen molar-refractivity contribution in [1.29, 1.82) is 0 Å². The molecule has 0 unspecified atom stereocenters. The Bertz CT molecular complexity index is 1100. The average Bonchev–Trinajstić information content (AvgIpc) is 2.67. The summed E-state index contributed by atoms with van der Waals surface area (Å²) in [7, 11) is 0. The first-order chi connectivity index (χ1) is 14.0. The maximum atomic E-state index is 13.5. The molecule has 0 aromatic heterocycles. The van der Waals surface area contributed by atoms with Crippen LogP contribution >= 0.6 is 0 Å². The molecule has 0 heterocycles. The maximum absolute atomic E-state index is 13.5. The minimum Gasteiger partial charge on any atom is -0.289 e. The normalized spacial score (nSPS) is 19.1. The largest absolute Gasteiger partial charge is 0.420 e. The van der Waals surface area contributed by atoms with Gasteiger partial charge in [-0.05, 0) is 34.4 Å². The Balaban J connectivity index is 2.14. The van der Waals surface area contributed by atoms with Gasteiger partial charge in [-0.3, -0.25) is 9.59 Å². The molecule has 2 nitrogen and oxygen atoms in total. The van der Waals surface area contributed by atoms with Crippen LogP contribution in [0.2, 0.25) is 0 Å². The Hall–Kier alpha value is -3.42. The van der Waals surface area contributed by atoms with Gasteiger partial charge in [-0.15, -0.1) is 0 Å². The highest BCUT2D eigenvalue weighted by Gasteiger charge is 2.44. The number of alkyl halides is 6. The molecular formula is C22H10F6O2. The molecule has 0 spiro atoms. The molecule has 0 bridgehead atoms. The minimum absolute atomic E-state index is 0.0624. The Kier molecular flexibility index (Phi) is 4.34. The van der Waals surface area contributed by atoms with Crippen LogP contribution in [0.1, 0.15) is 31.8 Å². The predicted molar refractivity (Wildman–Crippen MR) is 96.6 cm³/mol. The van der Waals surface area contributed by atoms with Crippen molar-refractivity contribution in [2.75, 3.05) is 0 Å². The molecule has 0 saturated carbocycles. The average molecular weight is 420 g/mol. The summed E-state index contributed by atoms with van der Waals surface area (Å²) in [5.74, 6) is -2.52. The highest BCUT2D eigenvalue weighted by Crippen LogP contribution is 2.44. The Morgan fingerprint density at radius 1 is 0.500 bits per heavy atom. The summed E-state index contributed by atoms with van der Waals surface area (Å²) >= 11 is 0. The predicted octanol–water partition coefficient (Wildman–Crippen LogP) is 5.97. The lowest BCUT2D eigenvalue weighted by Crippen LogP contribution is -2.26. The number of Topliss-reactive ketones (excluding diaryl/α,β-unsaturated/α-hetero) is 2. The van der Waals surface area contributed by atoms with Crippen LogP contribution in [-0.4, -0.2) is 23.9 Å². The summed E-state index contributed by atoms with van der Waals surface area (Å²) in [6.07, 6.45) is -8.90. The SMILES string of the molecule is O=C1C(C(F)(F)F)=CC(=C2C=C(C(F)(F)F)C(=O)c3ccccc32)c2ccccc21. The van der Waals surface area contributed by atoms with Crippen molar-refractivity contribution in [1.82, 2.24) is 0 Å². The molecule has 0 radical (unpaired) electrons. The first-order valence-corrected chi connectivity index (χ1v) is 8.60. The van der Waals surface area contributed by atoms with E-state index in [0.29, 0.717) is 12.2 Å². The lowest BCUT2D eigenvalue weighted by molar-refractivity contribution is -0.0899. The summed E-state index contributed by atoms with van der Waals surface area (Å²) < 4.78 is 80.9. The van der Waals surface area contributed by atoms with Gasteiger partial charge in [0.15, 0.2) is 11.6 Å². The molecule has 4 rings (SSSR count). The quantitative estimate of drug-likeness (QED) is 0.493. The number of benzene rings is 2. The number of halogens is 6. The van der Waals surface area contributed by atoms with Crippen LogP contribution in [0.4, 0.5) is 26.3 Å². The maximum Gasteiger partial charge on any atom is 0.420 e. The number of fused-ring (bicyclic) bond motifs is 2. The smallest absolute Gasteiger partial charge is 0.289 e. The number of carbonyl (C=O) groups is 2. The number of ketones is 2. The summed E-state index contributed by atoms with van der Waals surface area (Å²) in [6.45, 7) is 0. The highest BCUT2D eigenvalue weighted by molar-refractivity contribution is 6.23. The fraction of sp³-hybridized carbons (Fsp3) is 0.0909. The molecule has 2 aliphatic carbocycles. The van der Waals surface area contributed by atoms with Gasteiger partial charge in [-0.25, -0.2) is 0 Å². The summed E-state index contributed by atoms with van der Waals surface area (Å²) in [5.41, 5.74) is -3.81. The molecule has 0 fully saturated rings. The van der Waals surface area contributed by atoms with E-state index in [1.165, 1.54) is 48.5 Å². The summed E-state index contributed by atoms with van der Waals surface area (Å²) in [4.78, 5) is 24.7. The van der Waals surface area contributed by atoms with E-state index in [1.54, 1.807) is 0 Å². The zero-order valence-electron chi connectivity index (χ0n) is 14.9. The van der Waals surface area contributed by atoms with Crippen molar-refractivity contribution >= 4 is 22.7 Å². The van der Waals surface area contributed by atoms with E-state index >= 15 is 0 Å². The van der Waals surface area contributed by atoms with Gasteiger partial charge in [0.2, 0.25) is 0 Å². The third-order valence-electron chi connectivity index (χ3n) is 4.89. The first kappa shape index (κ1) is 19.9. The van der Waals surface area contributed by atoms with Crippen LogP contribution in [0.5, 0.6) is 0 Å². The second-order valence-corrected chi connectivity index (χ2v) is 6.69. The van der Waals surface area contributed by atoms with E-state index in [9.17, 15) is 35.9 Å². The topological polar surface area (TPSA) is 34.1 Å². The lowest BCUT2D eigenvalue weighted by atomic mass is 9.79. The molecule has 0 amide bonds. The van der Waals surface area contributed by atoms with Gasteiger partial charge < -0.3 is 0 Å². The van der Waals surface area contributed by atoms with Crippen LogP contribution in [0.3, 0.4) is 0 Å². The molecule has 2 aromatic carbocycles. The Morgan fingerprint density at radius 3 is 1.10 bits per heavy atom. The number of hydrogen-bond donors (Lipinski definition) is 0. The van der Waals surface area contributed by atoms with Gasteiger partial charge >= 0.3 is 12.4 Å². The second kappa shape index (κ2) is 6.55. The summed E-state index contributed by atoms with van der Waals surface area (Å²) in [5, 5.41) is 0. The van der Waals surface area contributed by atoms with Gasteiger partial charge in [-0.2, -0.15) is 26.3 Å². The third-order valence-corrected chi connectivity index (χ3v) is 4.89. The van der Waals surface area contributed by atoms with Crippen molar-refractivity contribution in [3.8, 4) is 0 Å². The van der Waals surface area contributed by atoms with Gasteiger partial charge in [-0.1, -0.05) is 48.5 Å². The highest BCUT2D eigenvalue weighted by atomic mass is 19.4. The van der Waals surface area contributed by atoms with E-state index in [2.05, 4.69) is 0 Å². The lowest BCUT2D eigenvalue weighted by Gasteiger charge is -2.25. The zero-order chi connectivity index (χ0) is 21.8. The van der Waals surface area contributed by atoms with E-state index in [0.717, 1.165) is 0 Å². The van der Waals surface area contributed by atoms with Crippen molar-refractivity contribution in [3.63, 3.8) is 0 Å². The standard InChI is InChI=1S/C22H10F6O2/c23-21(24,25)17-9-15(11-5-1-3-7-13(11)19(17)29)16-10-18(22(26,27)28)20(30)14-8-4-2-6-12(14)16/h1-10H. The molecule has 0 aliphatic heterocycles.